The van der Waals surface area contributed by atoms with E-state index in [1.54, 1.807) is 37.3 Å². The van der Waals surface area contributed by atoms with Crippen LogP contribution in [0.3, 0.4) is 0 Å². The highest BCUT2D eigenvalue weighted by Gasteiger charge is 2.26. The van der Waals surface area contributed by atoms with Crippen LogP contribution in [-0.2, 0) is 0 Å². The van der Waals surface area contributed by atoms with E-state index in [2.05, 4.69) is 16.3 Å². The molecule has 0 fully saturated rings. The number of nitrogens with one attached hydrogen (secondary N) is 1. The Balaban J connectivity index is 1.97. The third-order valence-electron chi connectivity index (χ3n) is 4.72. The number of carbonyl (C=O) groups is 2. The van der Waals surface area contributed by atoms with E-state index in [0.29, 0.717) is 16.9 Å². The summed E-state index contributed by atoms with van der Waals surface area (Å²) in [6.45, 7) is 0. The third-order valence-corrected chi connectivity index (χ3v) is 4.94. The van der Waals surface area contributed by atoms with E-state index < -0.39 is 17.8 Å². The van der Waals surface area contributed by atoms with Crippen molar-refractivity contribution in [2.45, 2.75) is 0 Å². The maximum absolute atomic E-state index is 14.7. The van der Waals surface area contributed by atoms with Gasteiger partial charge in [-0.25, -0.2) is 14.1 Å². The molecule has 0 bridgehead atoms. The molecular formula is C26H22ClFN4O3. The van der Waals surface area contributed by atoms with Crippen LogP contribution in [-0.4, -0.2) is 44.4 Å². The number of hydrazone groups is 1. The second-order valence-electron chi connectivity index (χ2n) is 7.47. The Labute approximate surface area is 207 Å². The molecule has 0 spiro atoms. The molecule has 0 aliphatic rings. The van der Waals surface area contributed by atoms with E-state index >= 15 is 0 Å². The number of urea groups is 1. The molecule has 0 aromatic heterocycles. The fourth-order valence-electron chi connectivity index (χ4n) is 3.03. The lowest BCUT2D eigenvalue weighted by Gasteiger charge is -2.22. The molecule has 3 aromatic carbocycles. The summed E-state index contributed by atoms with van der Waals surface area (Å²) in [5, 5.41) is 8.32. The highest BCUT2D eigenvalue weighted by Crippen LogP contribution is 2.26. The molecule has 0 saturated carbocycles. The van der Waals surface area contributed by atoms with Crippen molar-refractivity contribution in [3.05, 3.63) is 88.2 Å². The van der Waals surface area contributed by atoms with E-state index in [1.807, 2.05) is 0 Å². The summed E-state index contributed by atoms with van der Waals surface area (Å²) in [6.07, 6.45) is 6.89. The summed E-state index contributed by atoms with van der Waals surface area (Å²) in [6, 6.07) is 13.9. The first-order chi connectivity index (χ1) is 16.7. The fraction of sp³-hybridized carbons (Fsp3) is 0.115. The number of imide groups is 1. The van der Waals surface area contributed by atoms with Gasteiger partial charge >= 0.3 is 6.03 Å². The van der Waals surface area contributed by atoms with Crippen molar-refractivity contribution in [2.75, 3.05) is 31.4 Å². The molecule has 35 heavy (non-hydrogen) atoms. The first-order valence-electron chi connectivity index (χ1n) is 10.3. The largest absolute Gasteiger partial charge is 0.497 e. The minimum Gasteiger partial charge on any atom is -0.497 e. The molecule has 3 amide bonds. The number of hydrogen-bond acceptors (Lipinski definition) is 5. The molecule has 0 saturated heterocycles. The molecule has 3 rings (SSSR count). The molecule has 0 heterocycles. The van der Waals surface area contributed by atoms with Crippen molar-refractivity contribution in [3.63, 3.8) is 0 Å². The number of carbonyl (C=O) groups excluding carboxylic acids is 2. The van der Waals surface area contributed by atoms with Crippen molar-refractivity contribution in [1.82, 2.24) is 5.01 Å². The predicted octanol–water partition coefficient (Wildman–Crippen LogP) is 5.24. The van der Waals surface area contributed by atoms with Crippen LogP contribution in [0.5, 0.6) is 5.75 Å². The number of rotatable bonds is 6. The molecule has 0 aliphatic carbocycles. The Morgan fingerprint density at radius 1 is 1.11 bits per heavy atom. The number of ether oxygens (including phenoxy) is 1. The standard InChI is InChI=1S/C26H22ClFN4O3/c1-5-17-6-9-21(10-7-17)32(25(33)19-13-20(27)15-22(14-19)35-4)26(34)30-24-11-8-18(12-23(24)28)16-29-31(2)3/h1,6-16H,2-4H3,(H,30,34). The highest BCUT2D eigenvalue weighted by molar-refractivity contribution is 6.31. The molecule has 0 aliphatic heterocycles. The Morgan fingerprint density at radius 2 is 1.83 bits per heavy atom. The van der Waals surface area contributed by atoms with Crippen LogP contribution in [0.25, 0.3) is 0 Å². The van der Waals surface area contributed by atoms with Gasteiger partial charge in [-0.3, -0.25) is 4.79 Å². The summed E-state index contributed by atoms with van der Waals surface area (Å²) in [5.41, 5.74) is 1.27. The number of terminal acetylenes is 1. The van der Waals surface area contributed by atoms with Crippen molar-refractivity contribution in [1.29, 1.82) is 0 Å². The summed E-state index contributed by atoms with van der Waals surface area (Å²) in [4.78, 5) is 27.6. The van der Waals surface area contributed by atoms with E-state index in [4.69, 9.17) is 22.8 Å². The van der Waals surface area contributed by atoms with Gasteiger partial charge in [-0.05, 0) is 60.2 Å². The normalized spacial score (nSPS) is 10.5. The maximum Gasteiger partial charge on any atom is 0.333 e. The molecule has 9 heteroatoms. The van der Waals surface area contributed by atoms with Crippen molar-refractivity contribution in [2.24, 2.45) is 5.10 Å². The molecule has 0 radical (unpaired) electrons. The van der Waals surface area contributed by atoms with Gasteiger partial charge in [0.2, 0.25) is 0 Å². The first-order valence-corrected chi connectivity index (χ1v) is 10.7. The lowest BCUT2D eigenvalue weighted by atomic mass is 10.1. The SMILES string of the molecule is C#Cc1ccc(N(C(=O)Nc2ccc(C=NN(C)C)cc2F)C(=O)c2cc(Cl)cc(OC)c2)cc1. The number of amides is 3. The summed E-state index contributed by atoms with van der Waals surface area (Å²) in [5.74, 6) is 1.42. The van der Waals surface area contributed by atoms with E-state index in [-0.39, 0.29) is 22.0 Å². The molecular weight excluding hydrogens is 471 g/mol. The van der Waals surface area contributed by atoms with Gasteiger partial charge in [0.15, 0.2) is 0 Å². The number of nitrogens with zero attached hydrogens (tertiary/aromatic N) is 3. The van der Waals surface area contributed by atoms with Gasteiger partial charge in [0, 0.05) is 30.2 Å². The number of anilines is 2. The van der Waals surface area contributed by atoms with Gasteiger partial charge < -0.3 is 15.1 Å². The third kappa shape index (κ3) is 6.37. The Hall–Kier alpha value is -4.35. The lowest BCUT2D eigenvalue weighted by Crippen LogP contribution is -2.40. The number of hydrogen-bond donors (Lipinski definition) is 1. The van der Waals surface area contributed by atoms with E-state index in [0.717, 1.165) is 4.90 Å². The molecule has 3 aromatic rings. The minimum atomic E-state index is -0.879. The van der Waals surface area contributed by atoms with Gasteiger partial charge in [-0.2, -0.15) is 5.10 Å². The zero-order valence-electron chi connectivity index (χ0n) is 19.3. The second-order valence-corrected chi connectivity index (χ2v) is 7.91. The Morgan fingerprint density at radius 3 is 2.43 bits per heavy atom. The van der Waals surface area contributed by atoms with Crippen molar-refractivity contribution < 1.29 is 18.7 Å². The minimum absolute atomic E-state index is 0.0984. The average Bonchev–Trinajstić information content (AvgIpc) is 2.84. The number of methoxy groups -OCH3 is 1. The molecule has 7 nitrogen and oxygen atoms in total. The van der Waals surface area contributed by atoms with Gasteiger partial charge in [-0.15, -0.1) is 6.42 Å². The fourth-order valence-corrected chi connectivity index (χ4v) is 3.26. The van der Waals surface area contributed by atoms with E-state index in [1.165, 1.54) is 55.8 Å². The van der Waals surface area contributed by atoms with Crippen LogP contribution in [0.2, 0.25) is 5.02 Å². The van der Waals surface area contributed by atoms with Crippen molar-refractivity contribution in [3.8, 4) is 18.1 Å². The molecule has 0 atom stereocenters. The first kappa shape index (κ1) is 25.3. The topological polar surface area (TPSA) is 74.2 Å². The quantitative estimate of drug-likeness (QED) is 0.290. The zero-order chi connectivity index (χ0) is 25.5. The van der Waals surface area contributed by atoms with Crippen LogP contribution in [0.1, 0.15) is 21.5 Å². The van der Waals surface area contributed by atoms with Crippen LogP contribution in [0.15, 0.2) is 65.8 Å². The Bertz CT molecular complexity index is 1320. The second kappa shape index (κ2) is 11.2. The highest BCUT2D eigenvalue weighted by atomic mass is 35.5. The van der Waals surface area contributed by atoms with Gasteiger partial charge in [0.1, 0.15) is 11.6 Å². The lowest BCUT2D eigenvalue weighted by molar-refractivity contribution is 0.0995. The van der Waals surface area contributed by atoms with Crippen LogP contribution in [0, 0.1) is 18.2 Å². The monoisotopic (exact) mass is 492 g/mol. The molecule has 1 N–H and O–H groups in total. The summed E-state index contributed by atoms with van der Waals surface area (Å²) < 4.78 is 19.9. The van der Waals surface area contributed by atoms with Crippen LogP contribution >= 0.6 is 11.6 Å². The Kier molecular flexibility index (Phi) is 8.08. The molecule has 0 unspecified atom stereocenters. The van der Waals surface area contributed by atoms with Crippen molar-refractivity contribution >= 4 is 41.1 Å². The maximum atomic E-state index is 14.7. The van der Waals surface area contributed by atoms with Gasteiger partial charge in [0.05, 0.1) is 24.7 Å². The number of halogens is 2. The predicted molar refractivity (Wildman–Crippen MR) is 136 cm³/mol. The summed E-state index contributed by atoms with van der Waals surface area (Å²) >= 11 is 6.12. The summed E-state index contributed by atoms with van der Waals surface area (Å²) in [7, 11) is 4.90. The van der Waals surface area contributed by atoms with Crippen LogP contribution < -0.4 is 15.0 Å². The van der Waals surface area contributed by atoms with Gasteiger partial charge in [0.25, 0.3) is 5.91 Å². The smallest absolute Gasteiger partial charge is 0.333 e. The average molecular weight is 493 g/mol. The van der Waals surface area contributed by atoms with Crippen LogP contribution in [0.4, 0.5) is 20.6 Å². The number of benzene rings is 3. The molecule has 178 valence electrons. The van der Waals surface area contributed by atoms with Gasteiger partial charge in [-0.1, -0.05) is 23.6 Å². The zero-order valence-corrected chi connectivity index (χ0v) is 20.0. The van der Waals surface area contributed by atoms with E-state index in [9.17, 15) is 14.0 Å².